The summed E-state index contributed by atoms with van der Waals surface area (Å²) in [5.74, 6) is 0. The van der Waals surface area contributed by atoms with Crippen molar-refractivity contribution in [2.75, 3.05) is 20.1 Å². The van der Waals surface area contributed by atoms with Crippen LogP contribution in [0.25, 0.3) is 0 Å². The lowest BCUT2D eigenvalue weighted by atomic mass is 10.2. The molecule has 0 spiro atoms. The molecule has 1 aromatic rings. The largest absolute Gasteiger partial charge is 0.326 e. The van der Waals surface area contributed by atoms with Gasteiger partial charge in [-0.25, -0.2) is 4.79 Å². The number of nitrogens with zero attached hydrogens (tertiary/aromatic N) is 3. The molecule has 1 aliphatic rings. The third-order valence-electron chi connectivity index (χ3n) is 2.90. The Labute approximate surface area is 109 Å². The molecule has 1 fully saturated rings. The molecule has 0 atom stereocenters. The Morgan fingerprint density at radius 1 is 1.44 bits per heavy atom. The maximum absolute atomic E-state index is 11.7. The van der Waals surface area contributed by atoms with Gasteiger partial charge < -0.3 is 9.80 Å². The Balaban J connectivity index is 2.21. The van der Waals surface area contributed by atoms with Crippen molar-refractivity contribution in [3.8, 4) is 0 Å². The predicted octanol–water partition coefficient (Wildman–Crippen LogP) is 2.12. The highest BCUT2D eigenvalue weighted by Crippen LogP contribution is 2.24. The summed E-state index contributed by atoms with van der Waals surface area (Å²) in [6.07, 6.45) is 0. The van der Waals surface area contributed by atoms with E-state index in [1.165, 1.54) is 18.2 Å². The molecule has 1 heterocycles. The number of hydrogen-bond donors (Lipinski definition) is 0. The van der Waals surface area contributed by atoms with Crippen LogP contribution in [0.15, 0.2) is 18.2 Å². The molecule has 0 N–H and O–H groups in total. The number of non-ortho nitro benzene ring substituents is 1. The van der Waals surface area contributed by atoms with E-state index in [0.717, 1.165) is 0 Å². The van der Waals surface area contributed by atoms with Crippen molar-refractivity contribution >= 4 is 23.3 Å². The van der Waals surface area contributed by atoms with Crippen molar-refractivity contribution in [1.29, 1.82) is 0 Å². The smallest absolute Gasteiger partial charge is 0.320 e. The molecule has 0 bridgehead atoms. The van der Waals surface area contributed by atoms with Crippen LogP contribution in [-0.2, 0) is 6.54 Å². The van der Waals surface area contributed by atoms with Gasteiger partial charge >= 0.3 is 6.03 Å². The van der Waals surface area contributed by atoms with Crippen molar-refractivity contribution in [2.24, 2.45) is 0 Å². The number of benzene rings is 1. The zero-order valence-corrected chi connectivity index (χ0v) is 10.6. The number of likely N-dealkylation sites (N-methyl/N-ethyl adjacent to an activating group) is 1. The van der Waals surface area contributed by atoms with Crippen LogP contribution >= 0.6 is 11.6 Å². The fourth-order valence-corrected chi connectivity index (χ4v) is 2.03. The maximum atomic E-state index is 11.7. The van der Waals surface area contributed by atoms with Gasteiger partial charge in [-0.2, -0.15) is 0 Å². The molecule has 0 saturated carbocycles. The van der Waals surface area contributed by atoms with Crippen LogP contribution < -0.4 is 0 Å². The minimum atomic E-state index is -0.474. The Kier molecular flexibility index (Phi) is 3.38. The van der Waals surface area contributed by atoms with Gasteiger partial charge in [0.05, 0.1) is 4.92 Å². The molecule has 7 heteroatoms. The number of carbonyl (C=O) groups is 1. The molecule has 96 valence electrons. The molecular weight excluding hydrogens is 258 g/mol. The number of hydrogen-bond acceptors (Lipinski definition) is 3. The van der Waals surface area contributed by atoms with Crippen molar-refractivity contribution in [2.45, 2.75) is 6.54 Å². The highest BCUT2D eigenvalue weighted by molar-refractivity contribution is 6.31. The number of rotatable bonds is 3. The summed E-state index contributed by atoms with van der Waals surface area (Å²) in [6.45, 7) is 1.56. The van der Waals surface area contributed by atoms with E-state index in [9.17, 15) is 14.9 Å². The van der Waals surface area contributed by atoms with E-state index in [1.54, 1.807) is 16.8 Å². The van der Waals surface area contributed by atoms with Crippen molar-refractivity contribution in [3.05, 3.63) is 38.9 Å². The van der Waals surface area contributed by atoms with Crippen LogP contribution in [0.5, 0.6) is 0 Å². The zero-order valence-electron chi connectivity index (χ0n) is 9.80. The molecule has 0 aromatic heterocycles. The maximum Gasteiger partial charge on any atom is 0.320 e. The number of nitro groups is 1. The Morgan fingerprint density at radius 2 is 2.17 bits per heavy atom. The first kappa shape index (κ1) is 12.6. The lowest BCUT2D eigenvalue weighted by molar-refractivity contribution is -0.384. The average Bonchev–Trinajstić information content (AvgIpc) is 2.63. The summed E-state index contributed by atoms with van der Waals surface area (Å²) < 4.78 is 0. The van der Waals surface area contributed by atoms with Crippen LogP contribution in [0.4, 0.5) is 10.5 Å². The predicted molar refractivity (Wildman–Crippen MR) is 66.5 cm³/mol. The molecule has 0 aliphatic carbocycles. The van der Waals surface area contributed by atoms with Crippen LogP contribution in [0.2, 0.25) is 5.02 Å². The lowest BCUT2D eigenvalue weighted by Crippen LogP contribution is -2.29. The second-order valence-electron chi connectivity index (χ2n) is 4.16. The van der Waals surface area contributed by atoms with Crippen molar-refractivity contribution in [3.63, 3.8) is 0 Å². The minimum Gasteiger partial charge on any atom is -0.326 e. The highest BCUT2D eigenvalue weighted by Gasteiger charge is 2.26. The second kappa shape index (κ2) is 4.81. The van der Waals surface area contributed by atoms with E-state index in [-0.39, 0.29) is 11.7 Å². The summed E-state index contributed by atoms with van der Waals surface area (Å²) in [4.78, 5) is 25.2. The highest BCUT2D eigenvalue weighted by atomic mass is 35.5. The van der Waals surface area contributed by atoms with Crippen LogP contribution in [0.3, 0.4) is 0 Å². The van der Waals surface area contributed by atoms with Gasteiger partial charge in [0.1, 0.15) is 0 Å². The number of amides is 2. The minimum absolute atomic E-state index is 0.0191. The fraction of sp³-hybridized carbons (Fsp3) is 0.364. The molecule has 0 unspecified atom stereocenters. The van der Waals surface area contributed by atoms with E-state index in [0.29, 0.717) is 30.2 Å². The number of urea groups is 1. The SMILES string of the molecule is CN1CCN(Cc2cc([N+](=O)[O-])ccc2Cl)C1=O. The molecule has 1 aliphatic heterocycles. The monoisotopic (exact) mass is 269 g/mol. The van der Waals surface area contributed by atoms with E-state index in [1.807, 2.05) is 0 Å². The third-order valence-corrected chi connectivity index (χ3v) is 3.27. The van der Waals surface area contributed by atoms with Gasteiger partial charge in [0, 0.05) is 43.8 Å². The van der Waals surface area contributed by atoms with Crippen molar-refractivity contribution < 1.29 is 9.72 Å². The number of halogens is 1. The molecule has 2 rings (SSSR count). The summed E-state index contributed by atoms with van der Waals surface area (Å²) in [6, 6.07) is 4.16. The Morgan fingerprint density at radius 3 is 2.72 bits per heavy atom. The lowest BCUT2D eigenvalue weighted by Gasteiger charge is -2.16. The van der Waals surface area contributed by atoms with E-state index in [2.05, 4.69) is 0 Å². The summed E-state index contributed by atoms with van der Waals surface area (Å²) in [5.41, 5.74) is 0.573. The second-order valence-corrected chi connectivity index (χ2v) is 4.57. The Bertz CT molecular complexity index is 506. The summed E-state index contributed by atoms with van der Waals surface area (Å²) in [5, 5.41) is 11.1. The van der Waals surface area contributed by atoms with Crippen LogP contribution in [0, 0.1) is 10.1 Å². The molecular formula is C11H12ClN3O3. The molecule has 2 amide bonds. The summed E-state index contributed by atoms with van der Waals surface area (Å²) >= 11 is 5.99. The first-order chi connectivity index (χ1) is 8.49. The first-order valence-corrected chi connectivity index (χ1v) is 5.79. The number of nitro benzene ring substituents is 1. The van der Waals surface area contributed by atoms with Gasteiger partial charge in [-0.3, -0.25) is 10.1 Å². The standard InChI is InChI=1S/C11H12ClN3O3/c1-13-4-5-14(11(13)16)7-8-6-9(15(17)18)2-3-10(8)12/h2-3,6H,4-5,7H2,1H3. The topological polar surface area (TPSA) is 66.7 Å². The van der Waals surface area contributed by atoms with Gasteiger partial charge in [-0.05, 0) is 11.6 Å². The Hall–Kier alpha value is -1.82. The van der Waals surface area contributed by atoms with Crippen LogP contribution in [-0.4, -0.2) is 40.9 Å². The fourth-order valence-electron chi connectivity index (χ4n) is 1.85. The van der Waals surface area contributed by atoms with Crippen molar-refractivity contribution in [1.82, 2.24) is 9.80 Å². The quantitative estimate of drug-likeness (QED) is 0.623. The number of carbonyl (C=O) groups excluding carboxylic acids is 1. The molecule has 1 saturated heterocycles. The van der Waals surface area contributed by atoms with Gasteiger partial charge in [-0.15, -0.1) is 0 Å². The summed E-state index contributed by atoms with van der Waals surface area (Å²) in [7, 11) is 1.72. The molecule has 18 heavy (non-hydrogen) atoms. The van der Waals surface area contributed by atoms with E-state index in [4.69, 9.17) is 11.6 Å². The molecule has 1 aromatic carbocycles. The van der Waals surface area contributed by atoms with Crippen LogP contribution in [0.1, 0.15) is 5.56 Å². The van der Waals surface area contributed by atoms with Gasteiger partial charge in [0.25, 0.3) is 5.69 Å². The average molecular weight is 270 g/mol. The van der Waals surface area contributed by atoms with E-state index >= 15 is 0 Å². The first-order valence-electron chi connectivity index (χ1n) is 5.42. The normalized spacial score (nSPS) is 15.3. The third kappa shape index (κ3) is 2.38. The van der Waals surface area contributed by atoms with Gasteiger partial charge in [-0.1, -0.05) is 11.6 Å². The molecule has 6 nitrogen and oxygen atoms in total. The van der Waals surface area contributed by atoms with Gasteiger partial charge in [0.15, 0.2) is 0 Å². The van der Waals surface area contributed by atoms with E-state index < -0.39 is 4.92 Å². The molecule has 0 radical (unpaired) electrons. The zero-order chi connectivity index (χ0) is 13.3. The van der Waals surface area contributed by atoms with Gasteiger partial charge in [0.2, 0.25) is 0 Å².